The third-order valence-corrected chi connectivity index (χ3v) is 4.68. The molecule has 0 spiro atoms. The van der Waals surface area contributed by atoms with Crippen LogP contribution in [0.3, 0.4) is 0 Å². The molecule has 5 nitrogen and oxygen atoms in total. The highest BCUT2D eigenvalue weighted by molar-refractivity contribution is 7.87. The van der Waals surface area contributed by atoms with Gasteiger partial charge in [0.05, 0.1) is 0 Å². The van der Waals surface area contributed by atoms with Gasteiger partial charge in [-0.15, -0.1) is 0 Å². The Morgan fingerprint density at radius 2 is 1.94 bits per heavy atom. The molecule has 0 aromatic heterocycles. The standard InChI is InChI=1S/C12H29N3O2S/c1-6-7-8-15(5)18(16,17)14-12(4,10-13)9-11(2)3/h11,14H,6-10,13H2,1-5H3. The second-order valence-electron chi connectivity index (χ2n) is 5.64. The van der Waals surface area contributed by atoms with Crippen molar-refractivity contribution >= 4 is 10.2 Å². The predicted octanol–water partition coefficient (Wildman–Crippen LogP) is 1.32. The van der Waals surface area contributed by atoms with Gasteiger partial charge in [-0.3, -0.25) is 0 Å². The molecule has 0 saturated heterocycles. The van der Waals surface area contributed by atoms with Crippen molar-refractivity contribution in [3.8, 4) is 0 Å². The van der Waals surface area contributed by atoms with Crippen LogP contribution in [-0.2, 0) is 10.2 Å². The van der Waals surface area contributed by atoms with Crippen LogP contribution in [0.15, 0.2) is 0 Å². The van der Waals surface area contributed by atoms with Crippen molar-refractivity contribution in [1.82, 2.24) is 9.03 Å². The molecule has 1 unspecified atom stereocenters. The van der Waals surface area contributed by atoms with Crippen molar-refractivity contribution in [3.05, 3.63) is 0 Å². The summed E-state index contributed by atoms with van der Waals surface area (Å²) in [5.74, 6) is 0.391. The van der Waals surface area contributed by atoms with Gasteiger partial charge >= 0.3 is 0 Å². The minimum Gasteiger partial charge on any atom is -0.329 e. The molecule has 0 bridgehead atoms. The number of nitrogens with one attached hydrogen (secondary N) is 1. The highest BCUT2D eigenvalue weighted by Gasteiger charge is 2.31. The fourth-order valence-electron chi connectivity index (χ4n) is 1.96. The molecule has 18 heavy (non-hydrogen) atoms. The van der Waals surface area contributed by atoms with Crippen LogP contribution in [0, 0.1) is 5.92 Å². The summed E-state index contributed by atoms with van der Waals surface area (Å²) in [4.78, 5) is 0. The Kier molecular flexibility index (Phi) is 7.36. The lowest BCUT2D eigenvalue weighted by atomic mass is 9.92. The van der Waals surface area contributed by atoms with Crippen molar-refractivity contribution in [3.63, 3.8) is 0 Å². The van der Waals surface area contributed by atoms with Gasteiger partial charge in [-0.05, 0) is 25.7 Å². The topological polar surface area (TPSA) is 75.4 Å². The number of hydrogen-bond acceptors (Lipinski definition) is 3. The predicted molar refractivity (Wildman–Crippen MR) is 76.5 cm³/mol. The van der Waals surface area contributed by atoms with E-state index in [1.165, 1.54) is 4.31 Å². The van der Waals surface area contributed by atoms with E-state index in [0.29, 0.717) is 19.0 Å². The van der Waals surface area contributed by atoms with Crippen LogP contribution in [0.5, 0.6) is 0 Å². The largest absolute Gasteiger partial charge is 0.329 e. The summed E-state index contributed by atoms with van der Waals surface area (Å²) < 4.78 is 28.4. The quantitative estimate of drug-likeness (QED) is 0.668. The highest BCUT2D eigenvalue weighted by Crippen LogP contribution is 2.17. The van der Waals surface area contributed by atoms with Crippen LogP contribution >= 0.6 is 0 Å². The molecule has 0 amide bonds. The van der Waals surface area contributed by atoms with Crippen LogP contribution in [-0.4, -0.2) is 38.4 Å². The second kappa shape index (κ2) is 7.43. The molecule has 0 heterocycles. The minimum atomic E-state index is -3.44. The van der Waals surface area contributed by atoms with E-state index in [1.54, 1.807) is 7.05 Å². The van der Waals surface area contributed by atoms with Gasteiger partial charge in [0.2, 0.25) is 0 Å². The summed E-state index contributed by atoms with van der Waals surface area (Å²) in [5, 5.41) is 0. The van der Waals surface area contributed by atoms with Crippen molar-refractivity contribution < 1.29 is 8.42 Å². The van der Waals surface area contributed by atoms with E-state index in [4.69, 9.17) is 5.73 Å². The van der Waals surface area contributed by atoms with Gasteiger partial charge in [0.25, 0.3) is 10.2 Å². The smallest absolute Gasteiger partial charge is 0.279 e. The molecule has 0 aliphatic rings. The van der Waals surface area contributed by atoms with Crippen molar-refractivity contribution in [2.75, 3.05) is 20.1 Å². The maximum atomic E-state index is 12.2. The van der Waals surface area contributed by atoms with Gasteiger partial charge in [-0.2, -0.15) is 17.4 Å². The minimum absolute atomic E-state index is 0.298. The van der Waals surface area contributed by atoms with Gasteiger partial charge in [-0.25, -0.2) is 0 Å². The van der Waals surface area contributed by atoms with Gasteiger partial charge in [-0.1, -0.05) is 27.2 Å². The van der Waals surface area contributed by atoms with E-state index < -0.39 is 15.7 Å². The molecule has 0 aliphatic carbocycles. The lowest BCUT2D eigenvalue weighted by molar-refractivity contribution is 0.331. The van der Waals surface area contributed by atoms with E-state index in [2.05, 4.69) is 18.6 Å². The molecule has 0 aromatic rings. The van der Waals surface area contributed by atoms with Crippen LogP contribution in [0.4, 0.5) is 0 Å². The average molecular weight is 279 g/mol. The Morgan fingerprint density at radius 1 is 1.39 bits per heavy atom. The first-order valence-electron chi connectivity index (χ1n) is 6.62. The lowest BCUT2D eigenvalue weighted by Gasteiger charge is -2.32. The van der Waals surface area contributed by atoms with E-state index >= 15 is 0 Å². The van der Waals surface area contributed by atoms with Crippen LogP contribution in [0.25, 0.3) is 0 Å². The Hall–Kier alpha value is -0.170. The summed E-state index contributed by atoms with van der Waals surface area (Å²) >= 11 is 0. The summed E-state index contributed by atoms with van der Waals surface area (Å²) in [6, 6.07) is 0. The van der Waals surface area contributed by atoms with Crippen LogP contribution < -0.4 is 10.5 Å². The zero-order chi connectivity index (χ0) is 14.4. The summed E-state index contributed by atoms with van der Waals surface area (Å²) in [6.45, 7) is 8.85. The first-order chi connectivity index (χ1) is 8.17. The molecular weight excluding hydrogens is 250 g/mol. The summed E-state index contributed by atoms with van der Waals surface area (Å²) in [5.41, 5.74) is 5.14. The Balaban J connectivity index is 4.71. The molecule has 0 aromatic carbocycles. The fraction of sp³-hybridized carbons (Fsp3) is 1.00. The van der Waals surface area contributed by atoms with E-state index in [0.717, 1.165) is 19.3 Å². The highest BCUT2D eigenvalue weighted by atomic mass is 32.2. The maximum Gasteiger partial charge on any atom is 0.279 e. The maximum absolute atomic E-state index is 12.2. The molecule has 0 rings (SSSR count). The zero-order valence-electron chi connectivity index (χ0n) is 12.4. The fourth-order valence-corrected chi connectivity index (χ4v) is 3.27. The molecule has 110 valence electrons. The van der Waals surface area contributed by atoms with Crippen LogP contribution in [0.1, 0.15) is 47.0 Å². The molecule has 1 atom stereocenters. The van der Waals surface area contributed by atoms with E-state index in [9.17, 15) is 8.42 Å². The van der Waals surface area contributed by atoms with Crippen molar-refractivity contribution in [1.29, 1.82) is 0 Å². The number of rotatable bonds is 9. The normalized spacial score (nSPS) is 16.2. The number of unbranched alkanes of at least 4 members (excludes halogenated alkanes) is 1. The third-order valence-electron chi connectivity index (χ3n) is 2.92. The van der Waals surface area contributed by atoms with E-state index in [1.807, 2.05) is 13.8 Å². The van der Waals surface area contributed by atoms with Gasteiger partial charge in [0.1, 0.15) is 0 Å². The van der Waals surface area contributed by atoms with Crippen molar-refractivity contribution in [2.45, 2.75) is 52.5 Å². The molecule has 0 aliphatic heterocycles. The molecule has 3 N–H and O–H groups in total. The lowest BCUT2D eigenvalue weighted by Crippen LogP contribution is -2.55. The summed E-state index contributed by atoms with van der Waals surface area (Å²) in [6.07, 6.45) is 2.56. The molecule has 0 radical (unpaired) electrons. The number of nitrogens with zero attached hydrogens (tertiary/aromatic N) is 1. The molecule has 6 heteroatoms. The Bertz CT molecular complexity index is 330. The molecular formula is C12H29N3O2S. The zero-order valence-corrected chi connectivity index (χ0v) is 13.2. The average Bonchev–Trinajstić information content (AvgIpc) is 2.23. The van der Waals surface area contributed by atoms with Crippen molar-refractivity contribution in [2.24, 2.45) is 11.7 Å². The number of nitrogens with two attached hydrogens (primary N) is 1. The van der Waals surface area contributed by atoms with E-state index in [-0.39, 0.29) is 0 Å². The molecule has 0 saturated carbocycles. The Labute approximate surface area is 112 Å². The van der Waals surface area contributed by atoms with Gasteiger partial charge in [0.15, 0.2) is 0 Å². The molecule has 0 fully saturated rings. The monoisotopic (exact) mass is 279 g/mol. The SMILES string of the molecule is CCCCN(C)S(=O)(=O)NC(C)(CN)CC(C)C. The van der Waals surface area contributed by atoms with Gasteiger partial charge < -0.3 is 5.73 Å². The summed E-state index contributed by atoms with van der Waals surface area (Å²) in [7, 11) is -1.84. The first kappa shape index (κ1) is 17.8. The number of hydrogen-bond donors (Lipinski definition) is 2. The Morgan fingerprint density at radius 3 is 2.33 bits per heavy atom. The van der Waals surface area contributed by atoms with Gasteiger partial charge in [0, 0.05) is 25.7 Å². The second-order valence-corrected chi connectivity index (χ2v) is 7.42. The third kappa shape index (κ3) is 6.13. The first-order valence-corrected chi connectivity index (χ1v) is 8.06. The van der Waals surface area contributed by atoms with Crippen LogP contribution in [0.2, 0.25) is 0 Å².